The maximum atomic E-state index is 5.80. The van der Waals surface area contributed by atoms with E-state index >= 15 is 0 Å². The van der Waals surface area contributed by atoms with Crippen LogP contribution >= 0.6 is 11.8 Å². The van der Waals surface area contributed by atoms with E-state index in [2.05, 4.69) is 25.8 Å². The second kappa shape index (κ2) is 6.63. The molecule has 0 aromatic carbocycles. The molecule has 4 heteroatoms. The minimum absolute atomic E-state index is 0.565. The van der Waals surface area contributed by atoms with Crippen LogP contribution in [0, 0.1) is 0 Å². The van der Waals surface area contributed by atoms with Crippen molar-refractivity contribution < 1.29 is 4.74 Å². The number of rotatable bonds is 6. The number of aromatic nitrogens is 1. The molecule has 2 N–H and O–H groups in total. The Morgan fingerprint density at radius 1 is 1.44 bits per heavy atom. The maximum Gasteiger partial charge on any atom is 0.238 e. The molecule has 0 saturated carbocycles. The molecule has 1 heterocycles. The van der Waals surface area contributed by atoms with Crippen molar-refractivity contribution in [3.8, 4) is 5.88 Å². The first-order valence-corrected chi connectivity index (χ1v) is 6.61. The third-order valence-electron chi connectivity index (χ3n) is 2.20. The van der Waals surface area contributed by atoms with Gasteiger partial charge in [0.1, 0.15) is 5.03 Å². The van der Waals surface area contributed by atoms with Crippen LogP contribution in [0.2, 0.25) is 0 Å². The van der Waals surface area contributed by atoms with Gasteiger partial charge in [0.15, 0.2) is 0 Å². The molecule has 1 atom stereocenters. The molecular formula is C12H20N2OS. The maximum absolute atomic E-state index is 5.80. The molecule has 1 aromatic rings. The topological polar surface area (TPSA) is 48.1 Å². The van der Waals surface area contributed by atoms with Gasteiger partial charge < -0.3 is 10.5 Å². The molecule has 90 valence electrons. The van der Waals surface area contributed by atoms with E-state index in [9.17, 15) is 0 Å². The molecule has 0 radical (unpaired) electrons. The Morgan fingerprint density at radius 3 is 2.81 bits per heavy atom. The van der Waals surface area contributed by atoms with Gasteiger partial charge in [0.25, 0.3) is 0 Å². The summed E-state index contributed by atoms with van der Waals surface area (Å²) in [6, 6.07) is 3.81. The van der Waals surface area contributed by atoms with E-state index < -0.39 is 0 Å². The number of thioether (sulfide) groups is 1. The van der Waals surface area contributed by atoms with E-state index in [0.717, 1.165) is 17.9 Å². The van der Waals surface area contributed by atoms with Crippen LogP contribution in [-0.4, -0.2) is 16.8 Å². The fourth-order valence-corrected chi connectivity index (χ4v) is 1.96. The number of ether oxygens (including phenoxy) is 1. The lowest BCUT2D eigenvalue weighted by Crippen LogP contribution is -2.02. The first kappa shape index (κ1) is 13.2. The summed E-state index contributed by atoms with van der Waals surface area (Å²) in [6.45, 7) is 7.08. The van der Waals surface area contributed by atoms with Gasteiger partial charge in [-0.15, -0.1) is 11.8 Å². The van der Waals surface area contributed by atoms with E-state index in [1.165, 1.54) is 0 Å². The quantitative estimate of drug-likeness (QED) is 0.775. The van der Waals surface area contributed by atoms with Gasteiger partial charge in [0.05, 0.1) is 12.3 Å². The minimum atomic E-state index is 0.565. The van der Waals surface area contributed by atoms with Crippen molar-refractivity contribution in [2.75, 3.05) is 12.3 Å². The standard InChI is InChI=1S/C12H20N2OS/c1-4-8-15-12-10(13)6-7-11(14-12)16-9(3)5-2/h6-7,9H,4-5,8,13H2,1-3H3. The first-order valence-electron chi connectivity index (χ1n) is 5.73. The van der Waals surface area contributed by atoms with Crippen molar-refractivity contribution in [3.63, 3.8) is 0 Å². The summed E-state index contributed by atoms with van der Waals surface area (Å²) in [5.41, 5.74) is 6.41. The Kier molecular flexibility index (Phi) is 5.46. The average Bonchev–Trinajstić information content (AvgIpc) is 2.29. The highest BCUT2D eigenvalue weighted by Crippen LogP contribution is 2.28. The highest BCUT2D eigenvalue weighted by molar-refractivity contribution is 7.99. The van der Waals surface area contributed by atoms with Gasteiger partial charge in [-0.3, -0.25) is 0 Å². The Balaban J connectivity index is 2.72. The predicted octanol–water partition coefficient (Wildman–Crippen LogP) is 3.34. The SMILES string of the molecule is CCCOc1nc(SC(C)CC)ccc1N. The Labute approximate surface area is 102 Å². The molecule has 16 heavy (non-hydrogen) atoms. The number of hydrogen-bond donors (Lipinski definition) is 1. The van der Waals surface area contributed by atoms with E-state index in [1.807, 2.05) is 12.1 Å². The normalized spacial score (nSPS) is 12.4. The number of nitrogens with zero attached hydrogens (tertiary/aromatic N) is 1. The number of hydrogen-bond acceptors (Lipinski definition) is 4. The van der Waals surface area contributed by atoms with Crippen LogP contribution in [-0.2, 0) is 0 Å². The summed E-state index contributed by atoms with van der Waals surface area (Å²) in [7, 11) is 0. The molecular weight excluding hydrogens is 220 g/mol. The summed E-state index contributed by atoms with van der Waals surface area (Å²) < 4.78 is 5.49. The third kappa shape index (κ3) is 3.93. The summed E-state index contributed by atoms with van der Waals surface area (Å²) >= 11 is 1.75. The largest absolute Gasteiger partial charge is 0.476 e. The molecule has 0 aliphatic rings. The summed E-state index contributed by atoms with van der Waals surface area (Å²) in [5, 5.41) is 1.55. The lowest BCUT2D eigenvalue weighted by atomic mass is 10.4. The van der Waals surface area contributed by atoms with Gasteiger partial charge in [-0.1, -0.05) is 20.8 Å². The van der Waals surface area contributed by atoms with Crippen LogP contribution in [0.25, 0.3) is 0 Å². The first-order chi connectivity index (χ1) is 7.67. The van der Waals surface area contributed by atoms with Crippen LogP contribution in [0.3, 0.4) is 0 Å². The summed E-state index contributed by atoms with van der Waals surface area (Å²) in [6.07, 6.45) is 2.09. The fourth-order valence-electron chi connectivity index (χ4n) is 1.10. The highest BCUT2D eigenvalue weighted by atomic mass is 32.2. The Morgan fingerprint density at radius 2 is 2.19 bits per heavy atom. The van der Waals surface area contributed by atoms with Gasteiger partial charge in [-0.25, -0.2) is 4.98 Å². The van der Waals surface area contributed by atoms with Crippen molar-refractivity contribution in [3.05, 3.63) is 12.1 Å². The molecule has 0 aliphatic carbocycles. The lowest BCUT2D eigenvalue weighted by Gasteiger charge is -2.10. The highest BCUT2D eigenvalue weighted by Gasteiger charge is 2.07. The lowest BCUT2D eigenvalue weighted by molar-refractivity contribution is 0.305. The third-order valence-corrected chi connectivity index (χ3v) is 3.41. The van der Waals surface area contributed by atoms with E-state index in [0.29, 0.717) is 23.4 Å². The Bertz CT molecular complexity index is 331. The average molecular weight is 240 g/mol. The zero-order valence-corrected chi connectivity index (χ0v) is 11.0. The van der Waals surface area contributed by atoms with Gasteiger partial charge >= 0.3 is 0 Å². The molecule has 1 unspecified atom stereocenters. The summed E-state index contributed by atoms with van der Waals surface area (Å²) in [4.78, 5) is 4.41. The number of pyridine rings is 1. The van der Waals surface area contributed by atoms with E-state index in [4.69, 9.17) is 10.5 Å². The second-order valence-electron chi connectivity index (χ2n) is 3.73. The summed E-state index contributed by atoms with van der Waals surface area (Å²) in [5.74, 6) is 0.565. The minimum Gasteiger partial charge on any atom is -0.476 e. The molecule has 0 aliphatic heterocycles. The number of anilines is 1. The molecule has 1 rings (SSSR count). The van der Waals surface area contributed by atoms with Crippen LogP contribution in [0.4, 0.5) is 5.69 Å². The number of nitrogen functional groups attached to an aromatic ring is 1. The van der Waals surface area contributed by atoms with Gasteiger partial charge in [0, 0.05) is 5.25 Å². The fraction of sp³-hybridized carbons (Fsp3) is 0.583. The van der Waals surface area contributed by atoms with Crippen molar-refractivity contribution >= 4 is 17.4 Å². The van der Waals surface area contributed by atoms with Crippen molar-refractivity contribution in [2.45, 2.75) is 43.9 Å². The van der Waals surface area contributed by atoms with Crippen LogP contribution in [0.15, 0.2) is 17.2 Å². The smallest absolute Gasteiger partial charge is 0.238 e. The zero-order chi connectivity index (χ0) is 12.0. The Hall–Kier alpha value is -0.900. The van der Waals surface area contributed by atoms with Crippen LogP contribution < -0.4 is 10.5 Å². The van der Waals surface area contributed by atoms with Crippen molar-refractivity contribution in [1.82, 2.24) is 4.98 Å². The van der Waals surface area contributed by atoms with Gasteiger partial charge in [-0.2, -0.15) is 0 Å². The molecule has 0 amide bonds. The molecule has 0 spiro atoms. The van der Waals surface area contributed by atoms with Crippen LogP contribution in [0.5, 0.6) is 5.88 Å². The zero-order valence-electron chi connectivity index (χ0n) is 10.2. The predicted molar refractivity (Wildman–Crippen MR) is 70.0 cm³/mol. The van der Waals surface area contributed by atoms with E-state index in [-0.39, 0.29) is 0 Å². The van der Waals surface area contributed by atoms with Gasteiger partial charge in [0.2, 0.25) is 5.88 Å². The molecule has 0 bridgehead atoms. The van der Waals surface area contributed by atoms with Crippen LogP contribution in [0.1, 0.15) is 33.6 Å². The molecule has 1 aromatic heterocycles. The molecule has 0 fully saturated rings. The number of nitrogens with two attached hydrogens (primary N) is 1. The molecule has 0 saturated heterocycles. The monoisotopic (exact) mass is 240 g/mol. The van der Waals surface area contributed by atoms with E-state index in [1.54, 1.807) is 11.8 Å². The molecule has 3 nitrogen and oxygen atoms in total. The van der Waals surface area contributed by atoms with Crippen molar-refractivity contribution in [1.29, 1.82) is 0 Å². The van der Waals surface area contributed by atoms with Gasteiger partial charge in [-0.05, 0) is 25.0 Å². The van der Waals surface area contributed by atoms with Crippen molar-refractivity contribution in [2.24, 2.45) is 0 Å². The second-order valence-corrected chi connectivity index (χ2v) is 5.19.